The van der Waals surface area contributed by atoms with Crippen molar-refractivity contribution in [2.24, 2.45) is 0 Å². The van der Waals surface area contributed by atoms with Gasteiger partial charge in [-0.15, -0.1) is 0 Å². The SMILES string of the molecule is O=C(NCCOc1ccccc1)c1nn(Cc2ccc(Cl)cc2)c2ccccc12. The lowest BCUT2D eigenvalue weighted by atomic mass is 10.2. The molecule has 29 heavy (non-hydrogen) atoms. The molecule has 0 radical (unpaired) electrons. The van der Waals surface area contributed by atoms with Crippen LogP contribution >= 0.6 is 11.6 Å². The van der Waals surface area contributed by atoms with Gasteiger partial charge in [-0.05, 0) is 35.9 Å². The van der Waals surface area contributed by atoms with Crippen LogP contribution in [0.5, 0.6) is 5.75 Å². The van der Waals surface area contributed by atoms with Crippen LogP contribution in [-0.4, -0.2) is 28.8 Å². The van der Waals surface area contributed by atoms with E-state index in [0.29, 0.717) is 30.4 Å². The number of hydrogen-bond donors (Lipinski definition) is 1. The number of halogens is 1. The first-order valence-electron chi connectivity index (χ1n) is 9.37. The maximum Gasteiger partial charge on any atom is 0.272 e. The summed E-state index contributed by atoms with van der Waals surface area (Å²) in [6, 6.07) is 24.9. The lowest BCUT2D eigenvalue weighted by Gasteiger charge is -2.06. The van der Waals surface area contributed by atoms with Crippen molar-refractivity contribution in [1.82, 2.24) is 15.1 Å². The number of amides is 1. The summed E-state index contributed by atoms with van der Waals surface area (Å²) in [6.45, 7) is 1.34. The van der Waals surface area contributed by atoms with Crippen LogP contribution in [0.15, 0.2) is 78.9 Å². The molecule has 1 N–H and O–H groups in total. The number of fused-ring (bicyclic) bond motifs is 1. The van der Waals surface area contributed by atoms with E-state index < -0.39 is 0 Å². The van der Waals surface area contributed by atoms with Gasteiger partial charge in [0.05, 0.1) is 18.6 Å². The molecule has 4 aromatic rings. The molecule has 1 aromatic heterocycles. The number of nitrogens with one attached hydrogen (secondary N) is 1. The van der Waals surface area contributed by atoms with E-state index >= 15 is 0 Å². The Balaban J connectivity index is 1.46. The average molecular weight is 406 g/mol. The van der Waals surface area contributed by atoms with Gasteiger partial charge in [-0.3, -0.25) is 9.48 Å². The summed E-state index contributed by atoms with van der Waals surface area (Å²) >= 11 is 5.97. The summed E-state index contributed by atoms with van der Waals surface area (Å²) in [5.41, 5.74) is 2.38. The van der Waals surface area contributed by atoms with Crippen molar-refractivity contribution in [3.05, 3.63) is 95.1 Å². The number of benzene rings is 3. The van der Waals surface area contributed by atoms with Crippen LogP contribution in [0.4, 0.5) is 0 Å². The van der Waals surface area contributed by atoms with Crippen molar-refractivity contribution < 1.29 is 9.53 Å². The molecule has 0 bridgehead atoms. The third-order valence-corrected chi connectivity index (χ3v) is 4.77. The van der Waals surface area contributed by atoms with E-state index in [1.807, 2.05) is 83.5 Å². The van der Waals surface area contributed by atoms with Gasteiger partial charge in [0.1, 0.15) is 12.4 Å². The topological polar surface area (TPSA) is 56.1 Å². The third-order valence-electron chi connectivity index (χ3n) is 4.52. The van der Waals surface area contributed by atoms with E-state index in [1.54, 1.807) is 0 Å². The van der Waals surface area contributed by atoms with Crippen LogP contribution in [0.1, 0.15) is 16.1 Å². The van der Waals surface area contributed by atoms with Gasteiger partial charge in [0.15, 0.2) is 5.69 Å². The quantitative estimate of drug-likeness (QED) is 0.459. The van der Waals surface area contributed by atoms with Crippen LogP contribution < -0.4 is 10.1 Å². The highest BCUT2D eigenvalue weighted by Crippen LogP contribution is 2.20. The number of hydrogen-bond acceptors (Lipinski definition) is 3. The Hall–Kier alpha value is -3.31. The number of rotatable bonds is 7. The molecule has 0 spiro atoms. The molecule has 146 valence electrons. The Labute approximate surface area is 173 Å². The zero-order chi connectivity index (χ0) is 20.1. The van der Waals surface area contributed by atoms with Crippen molar-refractivity contribution in [2.75, 3.05) is 13.2 Å². The molecule has 0 aliphatic heterocycles. The number of carbonyl (C=O) groups is 1. The minimum atomic E-state index is -0.215. The van der Waals surface area contributed by atoms with Gasteiger partial charge in [-0.1, -0.05) is 60.1 Å². The first-order chi connectivity index (χ1) is 14.2. The molecular weight excluding hydrogens is 386 g/mol. The number of carbonyl (C=O) groups excluding carboxylic acids is 1. The minimum Gasteiger partial charge on any atom is -0.492 e. The van der Waals surface area contributed by atoms with Crippen molar-refractivity contribution in [2.45, 2.75) is 6.54 Å². The predicted molar refractivity (Wildman–Crippen MR) is 115 cm³/mol. The van der Waals surface area contributed by atoms with E-state index in [0.717, 1.165) is 22.2 Å². The fraction of sp³-hybridized carbons (Fsp3) is 0.130. The molecule has 4 rings (SSSR count). The molecule has 0 saturated heterocycles. The van der Waals surface area contributed by atoms with Crippen molar-refractivity contribution >= 4 is 28.4 Å². The molecule has 5 nitrogen and oxygen atoms in total. The standard InChI is InChI=1S/C23H20ClN3O2/c24-18-12-10-17(11-13-18)16-27-21-9-5-4-8-20(21)22(26-27)23(28)25-14-15-29-19-6-2-1-3-7-19/h1-13H,14-16H2,(H,25,28). The molecule has 0 atom stereocenters. The molecule has 0 fully saturated rings. The van der Waals surface area contributed by atoms with Gasteiger partial charge in [-0.2, -0.15) is 5.10 Å². The number of aromatic nitrogens is 2. The first-order valence-corrected chi connectivity index (χ1v) is 9.74. The number of nitrogens with zero attached hydrogens (tertiary/aromatic N) is 2. The molecule has 6 heteroatoms. The van der Waals surface area contributed by atoms with Gasteiger partial charge < -0.3 is 10.1 Å². The van der Waals surface area contributed by atoms with Crippen molar-refractivity contribution in [3.8, 4) is 5.75 Å². The highest BCUT2D eigenvalue weighted by molar-refractivity contribution is 6.30. The second-order valence-electron chi connectivity index (χ2n) is 6.57. The van der Waals surface area contributed by atoms with E-state index in [9.17, 15) is 4.79 Å². The minimum absolute atomic E-state index is 0.215. The van der Waals surface area contributed by atoms with Gasteiger partial charge in [0.25, 0.3) is 5.91 Å². The first kappa shape index (κ1) is 19.0. The summed E-state index contributed by atoms with van der Waals surface area (Å²) < 4.78 is 7.46. The van der Waals surface area contributed by atoms with E-state index in [-0.39, 0.29) is 5.91 Å². The fourth-order valence-electron chi connectivity index (χ4n) is 3.11. The second kappa shape index (κ2) is 8.80. The van der Waals surface area contributed by atoms with Crippen molar-refractivity contribution in [1.29, 1.82) is 0 Å². The van der Waals surface area contributed by atoms with Gasteiger partial charge in [0.2, 0.25) is 0 Å². The highest BCUT2D eigenvalue weighted by atomic mass is 35.5. The molecule has 1 amide bonds. The number of ether oxygens (including phenoxy) is 1. The van der Waals surface area contributed by atoms with Gasteiger partial charge in [-0.25, -0.2) is 0 Å². The second-order valence-corrected chi connectivity index (χ2v) is 7.00. The highest BCUT2D eigenvalue weighted by Gasteiger charge is 2.16. The maximum absolute atomic E-state index is 12.7. The third kappa shape index (κ3) is 4.58. The zero-order valence-corrected chi connectivity index (χ0v) is 16.5. The molecule has 0 aliphatic carbocycles. The lowest BCUT2D eigenvalue weighted by Crippen LogP contribution is -2.28. The Kier molecular flexibility index (Phi) is 5.77. The summed E-state index contributed by atoms with van der Waals surface area (Å²) in [5, 5.41) is 8.98. The fourth-order valence-corrected chi connectivity index (χ4v) is 3.24. The van der Waals surface area contributed by atoms with E-state index in [1.165, 1.54) is 0 Å². The molecule has 1 heterocycles. The summed E-state index contributed by atoms with van der Waals surface area (Å²) in [7, 11) is 0. The Morgan fingerprint density at radius 3 is 2.48 bits per heavy atom. The predicted octanol–water partition coefficient (Wildman–Crippen LogP) is 4.55. The van der Waals surface area contributed by atoms with Crippen LogP contribution in [0.3, 0.4) is 0 Å². The van der Waals surface area contributed by atoms with Crippen molar-refractivity contribution in [3.63, 3.8) is 0 Å². The Bertz CT molecular complexity index is 1110. The van der Waals surface area contributed by atoms with Crippen LogP contribution in [-0.2, 0) is 6.54 Å². The molecular formula is C23H20ClN3O2. The summed E-state index contributed by atoms with van der Waals surface area (Å²) in [4.78, 5) is 12.7. The molecule has 3 aromatic carbocycles. The molecule has 0 saturated carbocycles. The van der Waals surface area contributed by atoms with Gasteiger partial charge in [0, 0.05) is 10.4 Å². The largest absolute Gasteiger partial charge is 0.492 e. The van der Waals surface area contributed by atoms with E-state index in [2.05, 4.69) is 10.4 Å². The maximum atomic E-state index is 12.7. The van der Waals surface area contributed by atoms with Crippen LogP contribution in [0.2, 0.25) is 5.02 Å². The number of para-hydroxylation sites is 2. The average Bonchev–Trinajstić information content (AvgIpc) is 3.12. The molecule has 0 unspecified atom stereocenters. The van der Waals surface area contributed by atoms with Gasteiger partial charge >= 0.3 is 0 Å². The molecule has 0 aliphatic rings. The monoisotopic (exact) mass is 405 g/mol. The lowest BCUT2D eigenvalue weighted by molar-refractivity contribution is 0.0942. The zero-order valence-electron chi connectivity index (χ0n) is 15.7. The Morgan fingerprint density at radius 1 is 0.966 bits per heavy atom. The Morgan fingerprint density at radius 2 is 1.69 bits per heavy atom. The van der Waals surface area contributed by atoms with E-state index in [4.69, 9.17) is 16.3 Å². The van der Waals surface area contributed by atoms with Crippen LogP contribution in [0, 0.1) is 0 Å². The summed E-state index contributed by atoms with van der Waals surface area (Å²) in [6.07, 6.45) is 0. The smallest absolute Gasteiger partial charge is 0.272 e. The van der Waals surface area contributed by atoms with Crippen LogP contribution in [0.25, 0.3) is 10.9 Å². The summed E-state index contributed by atoms with van der Waals surface area (Å²) in [5.74, 6) is 0.562. The normalized spacial score (nSPS) is 10.8.